The van der Waals surface area contributed by atoms with Gasteiger partial charge in [-0.3, -0.25) is 4.79 Å². The zero-order chi connectivity index (χ0) is 18.5. The van der Waals surface area contributed by atoms with Gasteiger partial charge in [0, 0.05) is 30.4 Å². The first-order valence-corrected chi connectivity index (χ1v) is 9.33. The molecule has 0 unspecified atom stereocenters. The molecule has 0 aliphatic heterocycles. The summed E-state index contributed by atoms with van der Waals surface area (Å²) < 4.78 is 16.8. The number of esters is 1. The van der Waals surface area contributed by atoms with Crippen LogP contribution in [-0.4, -0.2) is 26.3 Å². The largest absolute Gasteiger partial charge is 0.497 e. The lowest BCUT2D eigenvalue weighted by Crippen LogP contribution is -2.36. The predicted molar refractivity (Wildman–Crippen MR) is 100 cm³/mol. The molecule has 2 atom stereocenters. The summed E-state index contributed by atoms with van der Waals surface area (Å²) in [5.41, 5.74) is 6.70. The summed E-state index contributed by atoms with van der Waals surface area (Å²) in [7, 11) is 3.42. The molecule has 0 N–H and O–H groups in total. The SMILES string of the molecule is COc1cc2c(c(OC)c1)C1=C(CC2)C2=CC[C@H](OC(C)=O)[C@@]2(C)CC1. The Balaban J connectivity index is 1.79. The Labute approximate surface area is 154 Å². The number of carbonyl (C=O) groups is 1. The number of allylic oxidation sites excluding steroid dienone is 2. The quantitative estimate of drug-likeness (QED) is 0.752. The van der Waals surface area contributed by atoms with Crippen molar-refractivity contribution in [1.82, 2.24) is 0 Å². The van der Waals surface area contributed by atoms with E-state index in [0.29, 0.717) is 0 Å². The number of ether oxygens (including phenoxy) is 3. The van der Waals surface area contributed by atoms with Gasteiger partial charge in [0.15, 0.2) is 0 Å². The van der Waals surface area contributed by atoms with Crippen molar-refractivity contribution in [2.45, 2.75) is 52.1 Å². The van der Waals surface area contributed by atoms with Gasteiger partial charge in [-0.05, 0) is 54.0 Å². The van der Waals surface area contributed by atoms with Crippen LogP contribution in [0.3, 0.4) is 0 Å². The normalized spacial score (nSPS) is 26.5. The second-order valence-electron chi connectivity index (χ2n) is 7.69. The average molecular weight is 354 g/mol. The molecule has 0 fully saturated rings. The molecule has 0 amide bonds. The zero-order valence-electron chi connectivity index (χ0n) is 16.0. The van der Waals surface area contributed by atoms with Crippen LogP contribution < -0.4 is 9.47 Å². The van der Waals surface area contributed by atoms with Crippen LogP contribution in [0.5, 0.6) is 11.5 Å². The number of rotatable bonds is 3. The van der Waals surface area contributed by atoms with Gasteiger partial charge in [0.25, 0.3) is 0 Å². The van der Waals surface area contributed by atoms with E-state index in [4.69, 9.17) is 14.2 Å². The Morgan fingerprint density at radius 1 is 1.12 bits per heavy atom. The van der Waals surface area contributed by atoms with Gasteiger partial charge in [-0.15, -0.1) is 0 Å². The molecule has 4 nitrogen and oxygen atoms in total. The van der Waals surface area contributed by atoms with Crippen molar-refractivity contribution < 1.29 is 19.0 Å². The van der Waals surface area contributed by atoms with Crippen LogP contribution >= 0.6 is 0 Å². The molecular formula is C22H26O4. The standard InChI is InChI=1S/C22H26O4/c1-13(23)26-20-8-7-18-16-6-5-14-11-15(24-3)12-19(25-4)21(14)17(16)9-10-22(18,20)2/h7,11-12,20H,5-6,8-10H2,1-4H3/t20-,22-/m0/s1. The number of benzene rings is 1. The van der Waals surface area contributed by atoms with Gasteiger partial charge in [0.1, 0.15) is 17.6 Å². The number of methoxy groups -OCH3 is 2. The molecule has 3 aliphatic carbocycles. The van der Waals surface area contributed by atoms with Crippen LogP contribution in [0.4, 0.5) is 0 Å². The van der Waals surface area contributed by atoms with E-state index in [1.165, 1.54) is 34.8 Å². The van der Waals surface area contributed by atoms with E-state index in [-0.39, 0.29) is 17.5 Å². The first-order chi connectivity index (χ1) is 12.5. The van der Waals surface area contributed by atoms with Gasteiger partial charge >= 0.3 is 5.97 Å². The smallest absolute Gasteiger partial charge is 0.302 e. The first-order valence-electron chi connectivity index (χ1n) is 9.33. The summed E-state index contributed by atoms with van der Waals surface area (Å²) in [5.74, 6) is 1.55. The summed E-state index contributed by atoms with van der Waals surface area (Å²) in [5, 5.41) is 0. The van der Waals surface area contributed by atoms with Crippen LogP contribution in [0, 0.1) is 5.41 Å². The van der Waals surface area contributed by atoms with Crippen LogP contribution in [0.2, 0.25) is 0 Å². The molecule has 0 radical (unpaired) electrons. The van der Waals surface area contributed by atoms with Gasteiger partial charge in [0.05, 0.1) is 14.2 Å². The van der Waals surface area contributed by atoms with E-state index in [2.05, 4.69) is 19.1 Å². The Hall–Kier alpha value is -2.23. The van der Waals surface area contributed by atoms with Gasteiger partial charge in [0.2, 0.25) is 0 Å². The molecule has 0 spiro atoms. The molecule has 0 heterocycles. The van der Waals surface area contributed by atoms with Crippen molar-refractivity contribution in [3.8, 4) is 11.5 Å². The van der Waals surface area contributed by atoms with Gasteiger partial charge in [-0.2, -0.15) is 0 Å². The molecule has 1 aromatic carbocycles. The molecule has 0 aromatic heterocycles. The van der Waals surface area contributed by atoms with Crippen LogP contribution in [0.1, 0.15) is 50.7 Å². The average Bonchev–Trinajstić information content (AvgIpc) is 2.96. The predicted octanol–water partition coefficient (Wildman–Crippen LogP) is 4.47. The number of fused-ring (bicyclic) bond motifs is 4. The van der Waals surface area contributed by atoms with Crippen LogP contribution in [0.15, 0.2) is 29.4 Å². The third-order valence-electron chi connectivity index (χ3n) is 6.31. The van der Waals surface area contributed by atoms with Crippen LogP contribution in [0.25, 0.3) is 5.57 Å². The third-order valence-corrected chi connectivity index (χ3v) is 6.31. The maximum atomic E-state index is 11.5. The molecular weight excluding hydrogens is 328 g/mol. The van der Waals surface area contributed by atoms with Crippen molar-refractivity contribution in [2.24, 2.45) is 5.41 Å². The highest BCUT2D eigenvalue weighted by atomic mass is 16.5. The van der Waals surface area contributed by atoms with E-state index in [1.54, 1.807) is 14.2 Å². The van der Waals surface area contributed by atoms with E-state index >= 15 is 0 Å². The lowest BCUT2D eigenvalue weighted by atomic mass is 9.65. The summed E-state index contributed by atoms with van der Waals surface area (Å²) in [6.45, 7) is 3.76. The maximum Gasteiger partial charge on any atom is 0.302 e. The Morgan fingerprint density at radius 3 is 2.62 bits per heavy atom. The highest BCUT2D eigenvalue weighted by Crippen LogP contribution is 2.57. The molecule has 1 aromatic rings. The highest BCUT2D eigenvalue weighted by Gasteiger charge is 2.48. The lowest BCUT2D eigenvalue weighted by molar-refractivity contribution is -0.150. The van der Waals surface area contributed by atoms with Crippen LogP contribution in [-0.2, 0) is 16.0 Å². The Bertz CT molecular complexity index is 833. The Kier molecular flexibility index (Phi) is 4.09. The molecule has 0 saturated heterocycles. The monoisotopic (exact) mass is 354 g/mol. The van der Waals surface area contributed by atoms with Gasteiger partial charge in [-0.1, -0.05) is 13.0 Å². The fourth-order valence-electron chi connectivity index (χ4n) is 5.02. The molecule has 3 aliphatic rings. The van der Waals surface area contributed by atoms with Crippen molar-refractivity contribution in [3.63, 3.8) is 0 Å². The fourth-order valence-corrected chi connectivity index (χ4v) is 5.02. The summed E-state index contributed by atoms with van der Waals surface area (Å²) >= 11 is 0. The highest BCUT2D eigenvalue weighted by molar-refractivity contribution is 5.83. The first kappa shape index (κ1) is 17.2. The number of hydrogen-bond donors (Lipinski definition) is 0. The van der Waals surface area contributed by atoms with Crippen molar-refractivity contribution in [2.75, 3.05) is 14.2 Å². The molecule has 26 heavy (non-hydrogen) atoms. The summed E-state index contributed by atoms with van der Waals surface area (Å²) in [6, 6.07) is 4.12. The van der Waals surface area contributed by atoms with E-state index in [9.17, 15) is 4.79 Å². The van der Waals surface area contributed by atoms with E-state index < -0.39 is 0 Å². The number of aryl methyl sites for hydroxylation is 1. The second kappa shape index (κ2) is 6.19. The van der Waals surface area contributed by atoms with Gasteiger partial charge < -0.3 is 14.2 Å². The molecule has 4 rings (SSSR count). The van der Waals surface area contributed by atoms with E-state index in [0.717, 1.165) is 43.6 Å². The topological polar surface area (TPSA) is 44.8 Å². The summed E-state index contributed by atoms with van der Waals surface area (Å²) in [4.78, 5) is 11.5. The summed E-state index contributed by atoms with van der Waals surface area (Å²) in [6.07, 6.45) is 7.04. The number of carbonyl (C=O) groups excluding carboxylic acids is 1. The maximum absolute atomic E-state index is 11.5. The minimum Gasteiger partial charge on any atom is -0.497 e. The van der Waals surface area contributed by atoms with Gasteiger partial charge in [-0.25, -0.2) is 0 Å². The molecule has 0 saturated carbocycles. The second-order valence-corrected chi connectivity index (χ2v) is 7.69. The fraction of sp³-hybridized carbons (Fsp3) is 0.500. The molecule has 0 bridgehead atoms. The van der Waals surface area contributed by atoms with Crippen molar-refractivity contribution in [1.29, 1.82) is 0 Å². The number of hydrogen-bond acceptors (Lipinski definition) is 4. The molecule has 4 heteroatoms. The third kappa shape index (κ3) is 2.46. The van der Waals surface area contributed by atoms with Crippen molar-refractivity contribution in [3.05, 3.63) is 40.5 Å². The zero-order valence-corrected chi connectivity index (χ0v) is 16.0. The minimum absolute atomic E-state index is 0.0387. The lowest BCUT2D eigenvalue weighted by Gasteiger charge is -2.42. The molecule has 138 valence electrons. The van der Waals surface area contributed by atoms with Crippen molar-refractivity contribution >= 4 is 11.5 Å². The van der Waals surface area contributed by atoms with E-state index in [1.807, 2.05) is 6.07 Å². The Morgan fingerprint density at radius 2 is 1.92 bits per heavy atom. The minimum atomic E-state index is -0.187.